The van der Waals surface area contributed by atoms with Gasteiger partial charge in [-0.25, -0.2) is 9.59 Å². The fourth-order valence-electron chi connectivity index (χ4n) is 4.86. The number of amides is 1. The predicted octanol–water partition coefficient (Wildman–Crippen LogP) is 2.44. The summed E-state index contributed by atoms with van der Waals surface area (Å²) in [6.45, 7) is 7.25. The first-order valence-corrected chi connectivity index (χ1v) is 13.4. The number of carbonyl (C=O) groups is 3. The molecule has 3 aliphatic heterocycles. The summed E-state index contributed by atoms with van der Waals surface area (Å²) in [6.07, 6.45) is -5.78. The molecule has 3 aliphatic rings. The van der Waals surface area contributed by atoms with Gasteiger partial charge in [-0.3, -0.25) is 9.69 Å². The molecule has 1 amide bonds. The maximum absolute atomic E-state index is 13.2. The van der Waals surface area contributed by atoms with E-state index in [0.717, 1.165) is 76.7 Å². The van der Waals surface area contributed by atoms with E-state index in [4.69, 9.17) is 29.0 Å². The van der Waals surface area contributed by atoms with Gasteiger partial charge in [0, 0.05) is 39.3 Å². The van der Waals surface area contributed by atoms with E-state index in [2.05, 4.69) is 27.0 Å². The van der Waals surface area contributed by atoms with E-state index in [9.17, 15) is 31.1 Å². The molecule has 0 aromatic carbocycles. The van der Waals surface area contributed by atoms with Crippen molar-refractivity contribution in [2.45, 2.75) is 50.3 Å². The molecule has 0 unspecified atom stereocenters. The molecule has 19 heteroatoms. The standard InChI is InChI=1S/C21H30N6O3.2C2HF3O2/c1-24-7-3-8-26(12-11-24)19(28)18-22-23-20-21(30-15-13-27(18)20)5-9-25(10-6-21)16-17-4-2-14-29-17;2*3-2(4,5)1(6)7/h2,4,14H,3,5-13,15-16H2,1H3;2*(H,6,7). The Morgan fingerprint density at radius 3 is 2.07 bits per heavy atom. The van der Waals surface area contributed by atoms with Crippen molar-refractivity contribution in [2.24, 2.45) is 0 Å². The van der Waals surface area contributed by atoms with Gasteiger partial charge >= 0.3 is 24.3 Å². The number of hydrogen-bond acceptors (Lipinski definition) is 9. The number of carboxylic acid groups (broad SMARTS) is 2. The average molecular weight is 643 g/mol. The van der Waals surface area contributed by atoms with Gasteiger partial charge in [-0.1, -0.05) is 0 Å². The second-order valence-electron chi connectivity index (χ2n) is 10.3. The van der Waals surface area contributed by atoms with Gasteiger partial charge in [0.1, 0.15) is 11.4 Å². The van der Waals surface area contributed by atoms with Crippen LogP contribution in [0.15, 0.2) is 22.8 Å². The Bertz CT molecular complexity index is 1240. The fraction of sp³-hybridized carbons (Fsp3) is 0.640. The van der Waals surface area contributed by atoms with E-state index < -0.39 is 29.9 Å². The van der Waals surface area contributed by atoms with Crippen LogP contribution in [0.5, 0.6) is 0 Å². The van der Waals surface area contributed by atoms with E-state index in [1.807, 2.05) is 21.6 Å². The number of likely N-dealkylation sites (tertiary alicyclic amines) is 1. The average Bonchev–Trinajstić information content (AvgIpc) is 3.57. The molecular weight excluding hydrogens is 610 g/mol. The van der Waals surface area contributed by atoms with Gasteiger partial charge in [0.05, 0.1) is 19.4 Å². The molecule has 2 aromatic heterocycles. The Morgan fingerprint density at radius 1 is 0.909 bits per heavy atom. The third-order valence-electron chi connectivity index (χ3n) is 7.16. The molecule has 2 fully saturated rings. The second-order valence-corrected chi connectivity index (χ2v) is 10.3. The van der Waals surface area contributed by atoms with Crippen LogP contribution in [0.2, 0.25) is 0 Å². The first-order chi connectivity index (χ1) is 20.5. The lowest BCUT2D eigenvalue weighted by Gasteiger charge is -2.43. The third kappa shape index (κ3) is 9.15. The van der Waals surface area contributed by atoms with E-state index in [1.165, 1.54) is 0 Å². The molecule has 0 radical (unpaired) electrons. The number of aliphatic carboxylic acids is 2. The first kappa shape index (κ1) is 34.8. The monoisotopic (exact) mass is 642 g/mol. The largest absolute Gasteiger partial charge is 0.490 e. The van der Waals surface area contributed by atoms with Crippen LogP contribution in [0.1, 0.15) is 41.5 Å². The van der Waals surface area contributed by atoms with Crippen LogP contribution < -0.4 is 0 Å². The first-order valence-electron chi connectivity index (χ1n) is 13.4. The summed E-state index contributed by atoms with van der Waals surface area (Å²) in [4.78, 5) is 37.6. The predicted molar refractivity (Wildman–Crippen MR) is 136 cm³/mol. The zero-order valence-corrected chi connectivity index (χ0v) is 23.6. The maximum Gasteiger partial charge on any atom is 0.490 e. The highest BCUT2D eigenvalue weighted by Gasteiger charge is 2.45. The molecule has 0 aliphatic carbocycles. The number of likely N-dealkylation sites (N-methyl/N-ethyl adjacent to an activating group) is 1. The minimum absolute atomic E-state index is 0.00337. The smallest absolute Gasteiger partial charge is 0.475 e. The molecule has 246 valence electrons. The van der Waals surface area contributed by atoms with Crippen LogP contribution in [0.25, 0.3) is 0 Å². The van der Waals surface area contributed by atoms with Crippen molar-refractivity contribution in [3.05, 3.63) is 35.8 Å². The van der Waals surface area contributed by atoms with Gasteiger partial charge in [0.2, 0.25) is 5.82 Å². The molecular formula is C25H32F6N6O7. The summed E-state index contributed by atoms with van der Waals surface area (Å²) >= 11 is 0. The molecule has 1 spiro atoms. The molecule has 2 N–H and O–H groups in total. The van der Waals surface area contributed by atoms with Crippen molar-refractivity contribution in [2.75, 3.05) is 52.9 Å². The molecule has 5 heterocycles. The number of piperidine rings is 1. The molecule has 2 aromatic rings. The molecule has 44 heavy (non-hydrogen) atoms. The lowest BCUT2D eigenvalue weighted by atomic mass is 9.89. The van der Waals surface area contributed by atoms with Crippen molar-refractivity contribution in [3.63, 3.8) is 0 Å². The van der Waals surface area contributed by atoms with Crippen molar-refractivity contribution >= 4 is 17.8 Å². The molecule has 5 rings (SSSR count). The van der Waals surface area contributed by atoms with Crippen molar-refractivity contribution < 1.29 is 60.1 Å². The number of alkyl halides is 6. The summed E-state index contributed by atoms with van der Waals surface area (Å²) in [5.74, 6) is -3.25. The Labute approximate surface area is 246 Å². The highest BCUT2D eigenvalue weighted by atomic mass is 19.4. The van der Waals surface area contributed by atoms with Crippen LogP contribution in [-0.2, 0) is 33.0 Å². The third-order valence-corrected chi connectivity index (χ3v) is 7.16. The highest BCUT2D eigenvalue weighted by Crippen LogP contribution is 2.39. The number of nitrogens with zero attached hydrogens (tertiary/aromatic N) is 6. The van der Waals surface area contributed by atoms with Gasteiger partial charge in [0.15, 0.2) is 5.82 Å². The Kier molecular flexibility index (Phi) is 11.4. The summed E-state index contributed by atoms with van der Waals surface area (Å²) in [6, 6.07) is 3.94. The topological polar surface area (TPSA) is 154 Å². The Morgan fingerprint density at radius 2 is 1.52 bits per heavy atom. The lowest BCUT2D eigenvalue weighted by Crippen LogP contribution is -2.48. The fourth-order valence-corrected chi connectivity index (χ4v) is 4.86. The van der Waals surface area contributed by atoms with Gasteiger partial charge in [-0.05, 0) is 45.0 Å². The minimum Gasteiger partial charge on any atom is -0.475 e. The second kappa shape index (κ2) is 14.4. The van der Waals surface area contributed by atoms with Gasteiger partial charge in [-0.2, -0.15) is 26.3 Å². The molecule has 13 nitrogen and oxygen atoms in total. The van der Waals surface area contributed by atoms with Crippen molar-refractivity contribution in [3.8, 4) is 0 Å². The summed E-state index contributed by atoms with van der Waals surface area (Å²) < 4.78 is 77.3. The summed E-state index contributed by atoms with van der Waals surface area (Å²) in [7, 11) is 2.10. The quantitative estimate of drug-likeness (QED) is 0.475. The zero-order valence-electron chi connectivity index (χ0n) is 23.6. The van der Waals surface area contributed by atoms with Crippen molar-refractivity contribution in [1.82, 2.24) is 29.5 Å². The van der Waals surface area contributed by atoms with E-state index in [-0.39, 0.29) is 5.91 Å². The molecule has 2 saturated heterocycles. The highest BCUT2D eigenvalue weighted by molar-refractivity contribution is 5.90. The van der Waals surface area contributed by atoms with E-state index in [1.54, 1.807) is 6.26 Å². The van der Waals surface area contributed by atoms with Gasteiger partial charge in [0.25, 0.3) is 5.91 Å². The number of ether oxygens (including phenoxy) is 1. The van der Waals surface area contributed by atoms with E-state index in [0.29, 0.717) is 19.0 Å². The Hall–Kier alpha value is -3.71. The van der Waals surface area contributed by atoms with Crippen LogP contribution in [0.3, 0.4) is 0 Å². The molecule has 0 saturated carbocycles. The lowest BCUT2D eigenvalue weighted by molar-refractivity contribution is -0.193. The van der Waals surface area contributed by atoms with Gasteiger partial charge < -0.3 is 33.7 Å². The number of hydrogen-bond donors (Lipinski definition) is 2. The van der Waals surface area contributed by atoms with Crippen molar-refractivity contribution in [1.29, 1.82) is 0 Å². The SMILES string of the molecule is CN1CCCN(C(=O)c2nnc3n2CCOC32CCN(Cc3ccco3)CC2)CC1.O=C(O)C(F)(F)F.O=C(O)C(F)(F)F. The Balaban J connectivity index is 0.000000317. The number of rotatable bonds is 3. The maximum atomic E-state index is 13.2. The van der Waals surface area contributed by atoms with Crippen LogP contribution in [-0.4, -0.2) is 123 Å². The number of carbonyl (C=O) groups excluding carboxylic acids is 1. The normalized spacial score (nSPS) is 19.1. The number of furan rings is 1. The van der Waals surface area contributed by atoms with Crippen LogP contribution in [0, 0.1) is 0 Å². The molecule has 0 atom stereocenters. The number of fused-ring (bicyclic) bond motifs is 2. The zero-order chi connectivity index (χ0) is 32.7. The minimum atomic E-state index is -5.08. The number of carboxylic acids is 2. The van der Waals surface area contributed by atoms with Crippen LogP contribution in [0.4, 0.5) is 26.3 Å². The number of aromatic nitrogens is 3. The number of halogens is 6. The van der Waals surface area contributed by atoms with E-state index >= 15 is 0 Å². The van der Waals surface area contributed by atoms with Crippen LogP contribution >= 0.6 is 0 Å². The van der Waals surface area contributed by atoms with Gasteiger partial charge in [-0.15, -0.1) is 10.2 Å². The molecule has 0 bridgehead atoms. The summed E-state index contributed by atoms with van der Waals surface area (Å²) in [5.41, 5.74) is -0.442. The summed E-state index contributed by atoms with van der Waals surface area (Å²) in [5, 5.41) is 23.1.